The highest BCUT2D eigenvalue weighted by atomic mass is 32.2. The van der Waals surface area contributed by atoms with Crippen LogP contribution in [0.1, 0.15) is 71.3 Å². The number of H-pyrrole nitrogens is 2. The lowest BCUT2D eigenvalue weighted by Gasteiger charge is -2.12. The number of thiol groups is 1. The Kier molecular flexibility index (Phi) is 8.07. The molecule has 6 atom stereocenters. The highest BCUT2D eigenvalue weighted by molar-refractivity contribution is 7.86. The third-order valence-corrected chi connectivity index (χ3v) is 11.0. The summed E-state index contributed by atoms with van der Waals surface area (Å²) >= 11 is 1.36. The van der Waals surface area contributed by atoms with E-state index in [-0.39, 0.29) is 42.2 Å². The van der Waals surface area contributed by atoms with Crippen molar-refractivity contribution in [1.82, 2.24) is 25.9 Å². The molecule has 0 bridgehead atoms. The Labute approximate surface area is 265 Å². The Morgan fingerprint density at radius 1 is 1.07 bits per heavy atom. The van der Waals surface area contributed by atoms with E-state index in [1.807, 2.05) is 33.8 Å². The zero-order valence-electron chi connectivity index (χ0n) is 25.8. The SMILES string of the molecule is C=CC1=C(C)[C@@H](Cc2[nH]c(Cc3[nH]c(/C=C4\NC(=O)[C@H](C)[C@H]4[C@H]4C[SH+]4)c(C)c3CCC(=O)O)c([C@@H]3N[C@@H]3C(=O)O)c2C)NC1=O. The zero-order chi connectivity index (χ0) is 32.3. The number of allylic oxidation sites excluding steroid dienone is 1. The number of amides is 2. The van der Waals surface area contributed by atoms with Gasteiger partial charge in [0.15, 0.2) is 11.0 Å². The fraction of sp³-hybridized carbons (Fsp3) is 0.455. The fourth-order valence-electron chi connectivity index (χ4n) is 7.12. The lowest BCUT2D eigenvalue weighted by molar-refractivity contribution is -0.137. The van der Waals surface area contributed by atoms with Crippen LogP contribution in [0.4, 0.5) is 0 Å². The molecule has 3 saturated heterocycles. The number of aromatic amines is 2. The Morgan fingerprint density at radius 2 is 1.80 bits per heavy atom. The molecule has 2 amide bonds. The van der Waals surface area contributed by atoms with Crippen LogP contribution in [0.15, 0.2) is 29.5 Å². The van der Waals surface area contributed by atoms with Crippen molar-refractivity contribution in [2.24, 2.45) is 11.8 Å². The fourth-order valence-corrected chi connectivity index (χ4v) is 8.12. The molecule has 0 radical (unpaired) electrons. The largest absolute Gasteiger partial charge is 0.481 e. The van der Waals surface area contributed by atoms with Crippen molar-refractivity contribution >= 4 is 41.6 Å². The molecule has 0 unspecified atom stereocenters. The zero-order valence-corrected chi connectivity index (χ0v) is 26.7. The number of hydrogen-bond acceptors (Lipinski definition) is 5. The Bertz CT molecular complexity index is 1690. The molecule has 2 aromatic rings. The monoisotopic (exact) mass is 634 g/mol. The number of rotatable bonds is 12. The van der Waals surface area contributed by atoms with Gasteiger partial charge in [0.1, 0.15) is 6.04 Å². The molecule has 11 nitrogen and oxygen atoms in total. The molecule has 45 heavy (non-hydrogen) atoms. The van der Waals surface area contributed by atoms with Gasteiger partial charge in [-0.05, 0) is 72.9 Å². The van der Waals surface area contributed by atoms with Crippen molar-refractivity contribution in [1.29, 1.82) is 0 Å². The third kappa shape index (κ3) is 5.77. The number of hydrogen-bond donors (Lipinski definition) is 7. The van der Waals surface area contributed by atoms with Crippen LogP contribution in [0.3, 0.4) is 0 Å². The molecule has 238 valence electrons. The van der Waals surface area contributed by atoms with Gasteiger partial charge in [0.25, 0.3) is 5.91 Å². The molecule has 2 aromatic heterocycles. The standard InChI is InChI=1S/C33H39N5O6S/c1-6-17-13(2)20(36-32(17)42)9-21-15(4)28(29-30(38-29)33(43)44)24(35-21)11-22-18(7-8-26(39)40)14(3)19(34-22)10-23-27(25-12-45-25)16(5)31(41)37-23/h6,10,16,20,25,27,29-30,34-35,38H,1,7-9,11-12H2,2-5H3,(H,36,42)(H,37,41)(H,39,40)(H,43,44)/p+1/b23-10-/t16-,20-,25-,27-,29+,30+/m1/s1. The van der Waals surface area contributed by atoms with Gasteiger partial charge in [0.05, 0.1) is 18.0 Å². The number of carbonyl (C=O) groups excluding carboxylic acids is 2. The van der Waals surface area contributed by atoms with Crippen LogP contribution in [0.5, 0.6) is 0 Å². The van der Waals surface area contributed by atoms with Crippen molar-refractivity contribution in [3.8, 4) is 0 Å². The van der Waals surface area contributed by atoms with E-state index >= 15 is 0 Å². The first kappa shape index (κ1) is 31.0. The minimum Gasteiger partial charge on any atom is -0.481 e. The van der Waals surface area contributed by atoms with Gasteiger partial charge in [-0.1, -0.05) is 19.6 Å². The molecule has 6 heterocycles. The molecule has 0 saturated carbocycles. The van der Waals surface area contributed by atoms with Crippen LogP contribution in [-0.4, -0.2) is 67.0 Å². The molecular formula is C33H40N5O6S+. The second-order valence-electron chi connectivity index (χ2n) is 12.6. The van der Waals surface area contributed by atoms with Crippen molar-refractivity contribution in [3.63, 3.8) is 0 Å². The summed E-state index contributed by atoms with van der Waals surface area (Å²) in [6.07, 6.45) is 4.77. The summed E-state index contributed by atoms with van der Waals surface area (Å²) in [7, 11) is 0. The minimum atomic E-state index is -0.922. The van der Waals surface area contributed by atoms with E-state index in [9.17, 15) is 29.4 Å². The molecule has 0 aromatic carbocycles. The highest BCUT2D eigenvalue weighted by Gasteiger charge is 2.52. The summed E-state index contributed by atoms with van der Waals surface area (Å²) in [6.45, 7) is 11.6. The molecule has 3 fully saturated rings. The Balaban J connectivity index is 1.38. The normalized spacial score (nSPS) is 28.0. The topological polar surface area (TPSA) is 186 Å². The predicted octanol–water partition coefficient (Wildman–Crippen LogP) is 2.13. The average Bonchev–Trinajstić information content (AvgIpc) is 3.87. The first-order valence-electron chi connectivity index (χ1n) is 15.3. The van der Waals surface area contributed by atoms with E-state index in [1.54, 1.807) is 6.08 Å². The Hall–Kier alpha value is -4.03. The van der Waals surface area contributed by atoms with E-state index in [1.165, 1.54) is 11.8 Å². The quantitative estimate of drug-likeness (QED) is 0.106. The Morgan fingerprint density at radius 3 is 2.40 bits per heavy atom. The maximum atomic E-state index is 12.6. The summed E-state index contributed by atoms with van der Waals surface area (Å²) in [5, 5.41) is 28.9. The van der Waals surface area contributed by atoms with Crippen molar-refractivity contribution in [2.45, 2.75) is 76.8 Å². The van der Waals surface area contributed by atoms with Crippen LogP contribution in [0.2, 0.25) is 0 Å². The number of aliphatic carboxylic acids is 2. The van der Waals surface area contributed by atoms with E-state index < -0.39 is 18.0 Å². The van der Waals surface area contributed by atoms with Gasteiger partial charge in [0.2, 0.25) is 5.91 Å². The second kappa shape index (κ2) is 11.7. The summed E-state index contributed by atoms with van der Waals surface area (Å²) in [5.41, 5.74) is 9.46. The van der Waals surface area contributed by atoms with Gasteiger partial charge >= 0.3 is 11.9 Å². The molecule has 6 rings (SSSR count). The molecule has 7 N–H and O–H groups in total. The maximum Gasteiger partial charge on any atom is 0.322 e. The number of carboxylic acid groups (broad SMARTS) is 2. The van der Waals surface area contributed by atoms with Gasteiger partial charge in [-0.3, -0.25) is 24.5 Å². The van der Waals surface area contributed by atoms with E-state index in [2.05, 4.69) is 32.5 Å². The first-order chi connectivity index (χ1) is 21.4. The molecule has 4 aliphatic rings. The minimum absolute atomic E-state index is 0.0246. The summed E-state index contributed by atoms with van der Waals surface area (Å²) in [5.74, 6) is -0.826. The lowest BCUT2D eigenvalue weighted by atomic mass is 9.91. The van der Waals surface area contributed by atoms with Crippen molar-refractivity contribution in [2.75, 3.05) is 5.75 Å². The van der Waals surface area contributed by atoms with Crippen LogP contribution in [-0.2, 0) is 50.2 Å². The van der Waals surface area contributed by atoms with Crippen LogP contribution < -0.4 is 16.0 Å². The van der Waals surface area contributed by atoms with Crippen LogP contribution >= 0.6 is 0 Å². The number of nitrogens with one attached hydrogen (secondary N) is 5. The van der Waals surface area contributed by atoms with E-state index in [0.29, 0.717) is 30.1 Å². The van der Waals surface area contributed by atoms with E-state index in [0.717, 1.165) is 62.1 Å². The average molecular weight is 635 g/mol. The molecule has 12 heteroatoms. The van der Waals surface area contributed by atoms with Crippen molar-refractivity contribution in [3.05, 3.63) is 74.5 Å². The summed E-state index contributed by atoms with van der Waals surface area (Å²) in [4.78, 5) is 55.6. The number of carbonyl (C=O) groups is 4. The van der Waals surface area contributed by atoms with Crippen LogP contribution in [0, 0.1) is 25.7 Å². The maximum absolute atomic E-state index is 12.6. The lowest BCUT2D eigenvalue weighted by Crippen LogP contribution is -2.30. The molecule has 0 aliphatic carbocycles. The summed E-state index contributed by atoms with van der Waals surface area (Å²) in [6, 6.07) is -1.28. The number of aromatic nitrogens is 2. The molecule has 0 spiro atoms. The molecular weight excluding hydrogens is 594 g/mol. The van der Waals surface area contributed by atoms with Crippen molar-refractivity contribution < 1.29 is 29.4 Å². The van der Waals surface area contributed by atoms with Crippen LogP contribution in [0.25, 0.3) is 6.08 Å². The smallest absolute Gasteiger partial charge is 0.322 e. The first-order valence-corrected chi connectivity index (χ1v) is 16.5. The van der Waals surface area contributed by atoms with Gasteiger partial charge in [-0.15, -0.1) is 0 Å². The third-order valence-electron chi connectivity index (χ3n) is 9.89. The van der Waals surface area contributed by atoms with Gasteiger partial charge < -0.3 is 30.8 Å². The van der Waals surface area contributed by atoms with Gasteiger partial charge in [-0.25, -0.2) is 0 Å². The van der Waals surface area contributed by atoms with E-state index in [4.69, 9.17) is 0 Å². The predicted molar refractivity (Wildman–Crippen MR) is 172 cm³/mol. The molecule has 4 aliphatic heterocycles. The van der Waals surface area contributed by atoms with Gasteiger partial charge in [-0.2, -0.15) is 0 Å². The number of carboxylic acids is 2. The second-order valence-corrected chi connectivity index (χ2v) is 14.0. The highest BCUT2D eigenvalue weighted by Crippen LogP contribution is 2.40. The van der Waals surface area contributed by atoms with Gasteiger partial charge in [0, 0.05) is 59.2 Å². The summed E-state index contributed by atoms with van der Waals surface area (Å²) < 4.78 is 0.